The molecule has 3 N–H and O–H groups in total. The van der Waals surface area contributed by atoms with Crippen LogP contribution in [0.4, 0.5) is 11.6 Å². The number of nitrogens with zero attached hydrogens (tertiary/aromatic N) is 3. The minimum Gasteiger partial charge on any atom is -0.492 e. The van der Waals surface area contributed by atoms with Crippen LogP contribution in [0.2, 0.25) is 5.02 Å². The molecule has 0 unspecified atom stereocenters. The van der Waals surface area contributed by atoms with Crippen LogP contribution in [-0.2, 0) is 26.2 Å². The van der Waals surface area contributed by atoms with E-state index in [4.69, 9.17) is 21.1 Å². The van der Waals surface area contributed by atoms with Gasteiger partial charge in [-0.25, -0.2) is 26.8 Å². The summed E-state index contributed by atoms with van der Waals surface area (Å²) in [5.74, 6) is 2.76. The molecular weight excluding hydrogens is 676 g/mol. The third kappa shape index (κ3) is 11.5. The molecule has 15 heteroatoms. The largest absolute Gasteiger partial charge is 0.492 e. The summed E-state index contributed by atoms with van der Waals surface area (Å²) in [5, 5.41) is 10.5. The molecule has 0 aliphatic carbocycles. The summed E-state index contributed by atoms with van der Waals surface area (Å²) in [6, 6.07) is 11.3. The fourth-order valence-corrected chi connectivity index (χ4v) is 6.82. The number of likely N-dealkylation sites (tertiary alicyclic amines) is 1. The van der Waals surface area contributed by atoms with Crippen molar-refractivity contribution in [3.63, 3.8) is 0 Å². The minimum atomic E-state index is -3.23. The number of benzene rings is 1. The molecule has 2 fully saturated rings. The van der Waals surface area contributed by atoms with Gasteiger partial charge in [0.05, 0.1) is 23.0 Å². The number of nitrogens with one attached hydrogen (secondary N) is 3. The minimum absolute atomic E-state index is 0.230. The van der Waals surface area contributed by atoms with E-state index in [2.05, 4.69) is 30.8 Å². The Morgan fingerprint density at radius 2 is 1.25 bits per heavy atom. The van der Waals surface area contributed by atoms with E-state index in [0.717, 1.165) is 69.8 Å². The molecule has 0 amide bonds. The van der Waals surface area contributed by atoms with E-state index in [-0.39, 0.29) is 9.79 Å². The van der Waals surface area contributed by atoms with Crippen molar-refractivity contribution in [3.8, 4) is 11.5 Å². The zero-order valence-corrected chi connectivity index (χ0v) is 30.4. The quantitative estimate of drug-likeness (QED) is 0.239. The Balaban J connectivity index is 0.000000257. The number of hydrogen-bond donors (Lipinski definition) is 3. The molecule has 48 heavy (non-hydrogen) atoms. The highest BCUT2D eigenvalue weighted by Crippen LogP contribution is 2.36. The predicted octanol–water partition coefficient (Wildman–Crippen LogP) is 4.66. The molecule has 0 atom stereocenters. The Kier molecular flexibility index (Phi) is 13.7. The number of hydrogen-bond acceptors (Lipinski definition) is 12. The van der Waals surface area contributed by atoms with Crippen LogP contribution in [0.25, 0.3) is 0 Å². The Labute approximate surface area is 289 Å². The van der Waals surface area contributed by atoms with Crippen molar-refractivity contribution in [1.29, 1.82) is 0 Å². The van der Waals surface area contributed by atoms with E-state index in [1.807, 2.05) is 26.0 Å². The predicted molar refractivity (Wildman–Crippen MR) is 190 cm³/mol. The molecule has 2 aromatic heterocycles. The second-order valence-electron chi connectivity index (χ2n) is 11.9. The molecule has 5 rings (SSSR count). The lowest BCUT2D eigenvalue weighted by Gasteiger charge is -2.32. The van der Waals surface area contributed by atoms with Gasteiger partial charge in [0.25, 0.3) is 0 Å². The van der Waals surface area contributed by atoms with Gasteiger partial charge in [-0.3, -0.25) is 4.90 Å². The number of rotatable bonds is 12. The average molecular weight is 723 g/mol. The van der Waals surface area contributed by atoms with Gasteiger partial charge in [0.1, 0.15) is 28.2 Å². The molecule has 2 saturated heterocycles. The number of aromatic nitrogens is 2. The number of ether oxygens (including phenoxy) is 2. The van der Waals surface area contributed by atoms with Gasteiger partial charge < -0.3 is 25.4 Å². The van der Waals surface area contributed by atoms with Crippen LogP contribution in [0.1, 0.15) is 45.1 Å². The van der Waals surface area contributed by atoms with Crippen molar-refractivity contribution in [1.82, 2.24) is 20.2 Å². The van der Waals surface area contributed by atoms with Crippen LogP contribution in [-0.4, -0.2) is 95.7 Å². The lowest BCUT2D eigenvalue weighted by molar-refractivity contribution is 0.210. The standard InChI is InChI=1S/C22H30ClN3O4S.C11H17N3O2S/c1-4-29-19-12-16(13-20(22(19)23)30-5-2)15-26-10-8-17(9-11-26)25-21-7-6-18(14-24-21)31(3,27)28;1-17(15,16)10-2-3-11(13-8-10)14-9-4-6-12-7-5-9/h6-7,12-14,17H,4-5,8-11,15H2,1-3H3,(H,24,25);2-3,8-9,12H,4-7H2,1H3,(H,13,14). The first-order chi connectivity index (χ1) is 22.9. The molecule has 1 aromatic carbocycles. The second-order valence-corrected chi connectivity index (χ2v) is 16.3. The Hall–Kier alpha value is -3.17. The van der Waals surface area contributed by atoms with E-state index in [1.165, 1.54) is 24.9 Å². The second kappa shape index (κ2) is 17.5. The summed E-state index contributed by atoms with van der Waals surface area (Å²) in [7, 11) is -6.38. The molecule has 2 aliphatic heterocycles. The van der Waals surface area contributed by atoms with Crippen molar-refractivity contribution in [2.75, 3.05) is 62.5 Å². The van der Waals surface area contributed by atoms with Gasteiger partial charge >= 0.3 is 0 Å². The molecule has 0 saturated carbocycles. The number of halogens is 1. The van der Waals surface area contributed by atoms with Crippen molar-refractivity contribution < 1.29 is 26.3 Å². The van der Waals surface area contributed by atoms with Crippen LogP contribution in [0.3, 0.4) is 0 Å². The Morgan fingerprint density at radius 3 is 1.65 bits per heavy atom. The van der Waals surface area contributed by atoms with E-state index in [0.29, 0.717) is 47.6 Å². The summed E-state index contributed by atoms with van der Waals surface area (Å²) >= 11 is 6.40. The summed E-state index contributed by atoms with van der Waals surface area (Å²) in [5.41, 5.74) is 1.11. The van der Waals surface area contributed by atoms with E-state index in [9.17, 15) is 16.8 Å². The van der Waals surface area contributed by atoms with E-state index < -0.39 is 19.7 Å². The van der Waals surface area contributed by atoms with E-state index >= 15 is 0 Å². The molecule has 4 heterocycles. The fourth-order valence-electron chi connectivity index (χ4n) is 5.49. The van der Waals surface area contributed by atoms with Crippen LogP contribution in [0.5, 0.6) is 11.5 Å². The average Bonchev–Trinajstić information content (AvgIpc) is 3.05. The van der Waals surface area contributed by atoms with Crippen molar-refractivity contribution >= 4 is 42.9 Å². The van der Waals surface area contributed by atoms with Crippen LogP contribution in [0.15, 0.2) is 58.6 Å². The maximum absolute atomic E-state index is 11.6. The molecule has 0 spiro atoms. The SMILES string of the molecule is CCOc1cc(CN2CCC(Nc3ccc(S(C)(=O)=O)cn3)CC2)cc(OCC)c1Cl.CS(=O)(=O)c1ccc(NC2CCNCC2)nc1. The number of piperidine rings is 2. The highest BCUT2D eigenvalue weighted by atomic mass is 35.5. The van der Waals surface area contributed by atoms with Gasteiger partial charge in [-0.2, -0.15) is 0 Å². The van der Waals surface area contributed by atoms with Crippen molar-refractivity contribution in [2.45, 2.75) is 68.0 Å². The zero-order chi connectivity index (χ0) is 34.7. The lowest BCUT2D eigenvalue weighted by Crippen LogP contribution is -2.38. The summed E-state index contributed by atoms with van der Waals surface area (Å²) < 4.78 is 57.0. The van der Waals surface area contributed by atoms with E-state index in [1.54, 1.807) is 24.3 Å². The summed E-state index contributed by atoms with van der Waals surface area (Å²) in [6.45, 7) is 9.67. The number of sulfone groups is 2. The first-order valence-corrected chi connectivity index (χ1v) is 20.4. The highest BCUT2D eigenvalue weighted by Gasteiger charge is 2.21. The molecular formula is C33H47ClN6O6S2. The molecule has 264 valence electrons. The van der Waals surface area contributed by atoms with Crippen molar-refractivity contribution in [3.05, 3.63) is 59.4 Å². The van der Waals surface area contributed by atoms with Crippen molar-refractivity contribution in [2.24, 2.45) is 0 Å². The van der Waals surface area contributed by atoms with Crippen LogP contribution in [0, 0.1) is 0 Å². The first-order valence-electron chi connectivity index (χ1n) is 16.2. The molecule has 3 aromatic rings. The monoisotopic (exact) mass is 722 g/mol. The summed E-state index contributed by atoms with van der Waals surface area (Å²) in [6.07, 6.45) is 9.24. The molecule has 0 bridgehead atoms. The van der Waals surface area contributed by atoms with Gasteiger partial charge in [-0.05, 0) is 94.6 Å². The van der Waals surface area contributed by atoms with Gasteiger partial charge in [-0.1, -0.05) is 11.6 Å². The maximum Gasteiger partial charge on any atom is 0.177 e. The molecule has 0 radical (unpaired) electrons. The Bertz CT molecular complexity index is 1650. The smallest absolute Gasteiger partial charge is 0.177 e. The maximum atomic E-state index is 11.6. The molecule has 12 nitrogen and oxygen atoms in total. The summed E-state index contributed by atoms with van der Waals surface area (Å²) in [4.78, 5) is 11.3. The third-order valence-electron chi connectivity index (χ3n) is 8.03. The Morgan fingerprint density at radius 1 is 0.792 bits per heavy atom. The normalized spacial score (nSPS) is 16.4. The van der Waals surface area contributed by atoms with Gasteiger partial charge in [-0.15, -0.1) is 0 Å². The van der Waals surface area contributed by atoms with Crippen LogP contribution >= 0.6 is 11.6 Å². The fraction of sp³-hybridized carbons (Fsp3) is 0.515. The van der Waals surface area contributed by atoms with Gasteiger partial charge in [0, 0.05) is 56.6 Å². The lowest BCUT2D eigenvalue weighted by atomic mass is 10.0. The number of pyridine rings is 2. The van der Waals surface area contributed by atoms with Crippen LogP contribution < -0.4 is 25.4 Å². The van der Waals surface area contributed by atoms with Gasteiger partial charge in [0.2, 0.25) is 0 Å². The first kappa shape index (κ1) is 37.6. The zero-order valence-electron chi connectivity index (χ0n) is 28.0. The molecule has 2 aliphatic rings. The third-order valence-corrected chi connectivity index (χ3v) is 10.6. The highest BCUT2D eigenvalue weighted by molar-refractivity contribution is 7.91. The topological polar surface area (TPSA) is 152 Å². The number of anilines is 2. The van der Waals surface area contributed by atoms with Gasteiger partial charge in [0.15, 0.2) is 19.7 Å².